The molecule has 18 heavy (non-hydrogen) atoms. The lowest BCUT2D eigenvalue weighted by Crippen LogP contribution is -2.39. The van der Waals surface area contributed by atoms with Crippen molar-refractivity contribution in [2.45, 2.75) is 45.1 Å². The predicted octanol–water partition coefficient (Wildman–Crippen LogP) is 3.17. The Kier molecular flexibility index (Phi) is 4.78. The molecule has 1 fully saturated rings. The summed E-state index contributed by atoms with van der Waals surface area (Å²) in [6.45, 7) is 4.34. The van der Waals surface area contributed by atoms with Gasteiger partial charge in [-0.15, -0.1) is 0 Å². The van der Waals surface area contributed by atoms with Crippen LogP contribution in [-0.4, -0.2) is 24.0 Å². The summed E-state index contributed by atoms with van der Waals surface area (Å²) in [7, 11) is 0. The van der Waals surface area contributed by atoms with Crippen molar-refractivity contribution in [1.29, 1.82) is 5.26 Å². The van der Waals surface area contributed by atoms with Crippen LogP contribution in [-0.2, 0) is 12.8 Å². The molecule has 0 spiro atoms. The fraction of sp³-hybridized carbons (Fsp3) is 0.562. The number of nitriles is 1. The van der Waals surface area contributed by atoms with Crippen LogP contribution >= 0.6 is 0 Å². The average molecular weight is 242 g/mol. The molecule has 1 aromatic rings. The van der Waals surface area contributed by atoms with Crippen molar-refractivity contribution < 1.29 is 0 Å². The van der Waals surface area contributed by atoms with Gasteiger partial charge in [-0.2, -0.15) is 5.26 Å². The van der Waals surface area contributed by atoms with Crippen molar-refractivity contribution in [3.63, 3.8) is 0 Å². The van der Waals surface area contributed by atoms with Crippen molar-refractivity contribution in [3.8, 4) is 6.07 Å². The first-order chi connectivity index (χ1) is 8.83. The van der Waals surface area contributed by atoms with E-state index in [1.165, 1.54) is 30.4 Å². The molecule has 0 N–H and O–H groups in total. The van der Waals surface area contributed by atoms with Crippen LogP contribution in [0.2, 0.25) is 0 Å². The quantitative estimate of drug-likeness (QED) is 0.811. The second-order valence-corrected chi connectivity index (χ2v) is 5.12. The van der Waals surface area contributed by atoms with Crippen LogP contribution in [0.1, 0.15) is 37.3 Å². The van der Waals surface area contributed by atoms with Crippen LogP contribution in [0.3, 0.4) is 0 Å². The van der Waals surface area contributed by atoms with Gasteiger partial charge in [0, 0.05) is 6.42 Å². The van der Waals surface area contributed by atoms with E-state index in [-0.39, 0.29) is 6.04 Å². The van der Waals surface area contributed by atoms with Gasteiger partial charge in [-0.1, -0.05) is 37.6 Å². The Morgan fingerprint density at radius 1 is 1.11 bits per heavy atom. The number of hydrogen-bond acceptors (Lipinski definition) is 2. The van der Waals surface area contributed by atoms with Crippen LogP contribution in [0.15, 0.2) is 24.3 Å². The van der Waals surface area contributed by atoms with Gasteiger partial charge in [-0.05, 0) is 43.5 Å². The fourth-order valence-corrected chi connectivity index (χ4v) is 2.62. The second kappa shape index (κ2) is 6.56. The molecule has 2 rings (SSSR count). The van der Waals surface area contributed by atoms with Gasteiger partial charge in [0.2, 0.25) is 0 Å². The summed E-state index contributed by atoms with van der Waals surface area (Å²) in [5, 5.41) is 9.35. The standard InChI is InChI=1S/C16H22N2/c1-2-14-6-8-15(9-7-14)12-16(13-17)18-10-4-3-5-11-18/h6-9,16H,2-5,10-12H2,1H3. The third-order valence-corrected chi connectivity index (χ3v) is 3.84. The van der Waals surface area contributed by atoms with Crippen LogP contribution in [0.4, 0.5) is 0 Å². The zero-order valence-electron chi connectivity index (χ0n) is 11.2. The van der Waals surface area contributed by atoms with Gasteiger partial charge in [0.25, 0.3) is 0 Å². The van der Waals surface area contributed by atoms with Crippen molar-refractivity contribution in [1.82, 2.24) is 4.90 Å². The number of nitrogens with zero attached hydrogens (tertiary/aromatic N) is 2. The molecule has 0 aliphatic carbocycles. The van der Waals surface area contributed by atoms with E-state index in [4.69, 9.17) is 0 Å². The zero-order valence-corrected chi connectivity index (χ0v) is 11.2. The highest BCUT2D eigenvalue weighted by Gasteiger charge is 2.20. The van der Waals surface area contributed by atoms with Crippen molar-refractivity contribution in [2.75, 3.05) is 13.1 Å². The van der Waals surface area contributed by atoms with Gasteiger partial charge in [-0.3, -0.25) is 4.90 Å². The summed E-state index contributed by atoms with van der Waals surface area (Å²) in [6.07, 6.45) is 5.74. The Bertz CT molecular complexity index is 396. The summed E-state index contributed by atoms with van der Waals surface area (Å²) in [6, 6.07) is 11.2. The third-order valence-electron chi connectivity index (χ3n) is 3.84. The van der Waals surface area contributed by atoms with Gasteiger partial charge in [0.15, 0.2) is 0 Å². The minimum atomic E-state index is 0.0535. The number of likely N-dealkylation sites (tertiary alicyclic amines) is 1. The highest BCUT2D eigenvalue weighted by atomic mass is 15.2. The van der Waals surface area contributed by atoms with E-state index in [9.17, 15) is 5.26 Å². The van der Waals surface area contributed by atoms with Crippen molar-refractivity contribution >= 4 is 0 Å². The first kappa shape index (κ1) is 13.1. The summed E-state index contributed by atoms with van der Waals surface area (Å²) in [4.78, 5) is 2.34. The lowest BCUT2D eigenvalue weighted by molar-refractivity contribution is 0.194. The van der Waals surface area contributed by atoms with E-state index >= 15 is 0 Å². The smallest absolute Gasteiger partial charge is 0.102 e. The Morgan fingerprint density at radius 3 is 2.28 bits per heavy atom. The SMILES string of the molecule is CCc1ccc(CC(C#N)N2CCCCC2)cc1. The van der Waals surface area contributed by atoms with E-state index in [1.54, 1.807) is 0 Å². The zero-order chi connectivity index (χ0) is 12.8. The fourth-order valence-electron chi connectivity index (χ4n) is 2.62. The lowest BCUT2D eigenvalue weighted by Gasteiger charge is -2.30. The number of piperidine rings is 1. The summed E-state index contributed by atoms with van der Waals surface area (Å²) in [5.41, 5.74) is 2.65. The van der Waals surface area contributed by atoms with Crippen molar-refractivity contribution in [2.24, 2.45) is 0 Å². The summed E-state index contributed by atoms with van der Waals surface area (Å²) in [5.74, 6) is 0. The van der Waals surface area contributed by atoms with E-state index in [2.05, 4.69) is 42.2 Å². The van der Waals surface area contributed by atoms with Crippen LogP contribution in [0.5, 0.6) is 0 Å². The molecule has 1 heterocycles. The minimum Gasteiger partial charge on any atom is -0.288 e. The van der Waals surface area contributed by atoms with Crippen LogP contribution in [0, 0.1) is 11.3 Å². The highest BCUT2D eigenvalue weighted by molar-refractivity contribution is 5.24. The Morgan fingerprint density at radius 2 is 1.72 bits per heavy atom. The van der Waals surface area contributed by atoms with Gasteiger partial charge in [-0.25, -0.2) is 0 Å². The molecule has 1 aliphatic heterocycles. The molecule has 0 amide bonds. The number of hydrogen-bond donors (Lipinski definition) is 0. The van der Waals surface area contributed by atoms with Gasteiger partial charge < -0.3 is 0 Å². The first-order valence-corrected chi connectivity index (χ1v) is 7.05. The van der Waals surface area contributed by atoms with Crippen molar-refractivity contribution in [3.05, 3.63) is 35.4 Å². The molecule has 2 heteroatoms. The number of aryl methyl sites for hydroxylation is 1. The molecule has 1 unspecified atom stereocenters. The molecule has 0 radical (unpaired) electrons. The molecule has 1 aromatic carbocycles. The van der Waals surface area contributed by atoms with E-state index < -0.39 is 0 Å². The topological polar surface area (TPSA) is 27.0 Å². The van der Waals surface area contributed by atoms with Crippen LogP contribution in [0.25, 0.3) is 0 Å². The maximum Gasteiger partial charge on any atom is 0.102 e. The maximum atomic E-state index is 9.35. The molecular weight excluding hydrogens is 220 g/mol. The van der Waals surface area contributed by atoms with Gasteiger partial charge in [0.05, 0.1) is 6.07 Å². The number of benzene rings is 1. The molecular formula is C16H22N2. The first-order valence-electron chi connectivity index (χ1n) is 7.05. The molecule has 0 saturated carbocycles. The Hall–Kier alpha value is -1.33. The van der Waals surface area contributed by atoms with E-state index in [1.807, 2.05) is 0 Å². The molecule has 1 atom stereocenters. The molecule has 1 aliphatic rings. The molecule has 2 nitrogen and oxygen atoms in total. The highest BCUT2D eigenvalue weighted by Crippen LogP contribution is 2.16. The molecule has 0 bridgehead atoms. The second-order valence-electron chi connectivity index (χ2n) is 5.12. The Labute approximate surface area is 110 Å². The summed E-state index contributed by atoms with van der Waals surface area (Å²) >= 11 is 0. The average Bonchev–Trinajstić information content (AvgIpc) is 2.46. The monoisotopic (exact) mass is 242 g/mol. The summed E-state index contributed by atoms with van der Waals surface area (Å²) < 4.78 is 0. The normalized spacial score (nSPS) is 18.2. The molecule has 96 valence electrons. The Balaban J connectivity index is 1.98. The van der Waals surface area contributed by atoms with Gasteiger partial charge >= 0.3 is 0 Å². The third kappa shape index (κ3) is 3.34. The molecule has 0 aromatic heterocycles. The largest absolute Gasteiger partial charge is 0.288 e. The maximum absolute atomic E-state index is 9.35. The molecule has 1 saturated heterocycles. The van der Waals surface area contributed by atoms with Crippen LogP contribution < -0.4 is 0 Å². The predicted molar refractivity (Wildman–Crippen MR) is 74.3 cm³/mol. The van der Waals surface area contributed by atoms with E-state index in [0.29, 0.717) is 0 Å². The van der Waals surface area contributed by atoms with E-state index in [0.717, 1.165) is 25.9 Å². The lowest BCUT2D eigenvalue weighted by atomic mass is 10.0. The number of rotatable bonds is 4. The van der Waals surface area contributed by atoms with Gasteiger partial charge in [0.1, 0.15) is 6.04 Å². The minimum absolute atomic E-state index is 0.0535.